The molecule has 12 atom stereocenters. The van der Waals surface area contributed by atoms with Crippen molar-refractivity contribution in [3.05, 3.63) is 12.2 Å². The van der Waals surface area contributed by atoms with Gasteiger partial charge in [0.1, 0.15) is 11.7 Å². The Balaban J connectivity index is 1.63. The molecule has 0 aromatic heterocycles. The van der Waals surface area contributed by atoms with E-state index in [2.05, 4.69) is 34.6 Å². The maximum atomic E-state index is 13.3. The van der Waals surface area contributed by atoms with Crippen LogP contribution < -0.4 is 0 Å². The number of hydrogen-bond acceptors (Lipinski definition) is 5. The third kappa shape index (κ3) is 3.51. The first-order valence-electron chi connectivity index (χ1n) is 13.3. The van der Waals surface area contributed by atoms with Crippen LogP contribution in [0.5, 0.6) is 0 Å². The molecule has 4 aliphatic rings. The second-order valence-electron chi connectivity index (χ2n) is 13.0. The van der Waals surface area contributed by atoms with Crippen LogP contribution in [0.15, 0.2) is 12.2 Å². The van der Waals surface area contributed by atoms with Crippen LogP contribution in [0.3, 0.4) is 0 Å². The highest BCUT2D eigenvalue weighted by atomic mass is 16.3. The van der Waals surface area contributed by atoms with Gasteiger partial charge in [0.2, 0.25) is 0 Å². The van der Waals surface area contributed by atoms with E-state index in [9.17, 15) is 25.2 Å². The van der Waals surface area contributed by atoms with E-state index < -0.39 is 41.0 Å². The van der Waals surface area contributed by atoms with Gasteiger partial charge in [-0.15, -0.1) is 0 Å². The molecule has 0 heterocycles. The van der Waals surface area contributed by atoms with Crippen LogP contribution in [-0.4, -0.2) is 50.1 Å². The molecular formula is C28H46O5. The smallest absolute Gasteiger partial charge is 0.174 e. The number of aliphatic hydroxyl groups excluding tert-OH is 3. The van der Waals surface area contributed by atoms with Gasteiger partial charge in [-0.05, 0) is 79.6 Å². The Morgan fingerprint density at radius 1 is 1.06 bits per heavy atom. The van der Waals surface area contributed by atoms with E-state index in [0.717, 1.165) is 12.8 Å². The average Bonchev–Trinajstić information content (AvgIpc) is 3.08. The van der Waals surface area contributed by atoms with E-state index in [1.165, 1.54) is 25.0 Å². The third-order valence-electron chi connectivity index (χ3n) is 11.2. The topological polar surface area (TPSA) is 98.0 Å². The fraction of sp³-hybridized carbons (Fsp3) is 0.893. The average molecular weight is 463 g/mol. The summed E-state index contributed by atoms with van der Waals surface area (Å²) < 4.78 is 0. The van der Waals surface area contributed by atoms with Crippen LogP contribution >= 0.6 is 0 Å². The highest BCUT2D eigenvalue weighted by Gasteiger charge is 2.71. The molecule has 4 N–H and O–H groups in total. The number of carbonyl (C=O) groups is 1. The number of fused-ring (bicyclic) bond motifs is 5. The highest BCUT2D eigenvalue weighted by Crippen LogP contribution is 2.68. The monoisotopic (exact) mass is 462 g/mol. The van der Waals surface area contributed by atoms with Crippen molar-refractivity contribution in [2.45, 2.75) is 104 Å². The van der Waals surface area contributed by atoms with Crippen molar-refractivity contribution in [3.8, 4) is 0 Å². The molecule has 0 aromatic carbocycles. The first kappa shape index (κ1) is 25.3. The van der Waals surface area contributed by atoms with Crippen molar-refractivity contribution in [2.24, 2.45) is 52.3 Å². The first-order chi connectivity index (χ1) is 15.3. The normalized spacial score (nSPS) is 51.1. The zero-order valence-corrected chi connectivity index (χ0v) is 21.4. The maximum absolute atomic E-state index is 13.3. The minimum absolute atomic E-state index is 0.0429. The van der Waals surface area contributed by atoms with E-state index >= 15 is 0 Å². The Labute approximate surface area is 199 Å². The molecule has 0 spiro atoms. The molecule has 5 heteroatoms. The summed E-state index contributed by atoms with van der Waals surface area (Å²) in [6.07, 6.45) is 5.11. The Morgan fingerprint density at radius 3 is 2.36 bits per heavy atom. The summed E-state index contributed by atoms with van der Waals surface area (Å²) in [5.41, 5.74) is -3.20. The van der Waals surface area contributed by atoms with Gasteiger partial charge in [-0.25, -0.2) is 0 Å². The number of aliphatic hydroxyl groups is 4. The molecule has 0 aliphatic heterocycles. The van der Waals surface area contributed by atoms with Gasteiger partial charge < -0.3 is 20.4 Å². The quantitative estimate of drug-likeness (QED) is 0.467. The lowest BCUT2D eigenvalue weighted by atomic mass is 9.42. The molecule has 5 nitrogen and oxygen atoms in total. The summed E-state index contributed by atoms with van der Waals surface area (Å²) in [6.45, 7) is 13.3. The highest BCUT2D eigenvalue weighted by molar-refractivity contribution is 5.93. The Morgan fingerprint density at radius 2 is 1.73 bits per heavy atom. The number of hydrogen-bond donors (Lipinski definition) is 4. The van der Waals surface area contributed by atoms with Crippen molar-refractivity contribution >= 4 is 5.78 Å². The summed E-state index contributed by atoms with van der Waals surface area (Å²) >= 11 is 0. The van der Waals surface area contributed by atoms with Crippen molar-refractivity contribution in [3.63, 3.8) is 0 Å². The van der Waals surface area contributed by atoms with Gasteiger partial charge in [0.15, 0.2) is 5.78 Å². The molecule has 3 fully saturated rings. The largest absolute Gasteiger partial charge is 0.393 e. The van der Waals surface area contributed by atoms with Crippen LogP contribution in [0.2, 0.25) is 0 Å². The minimum atomic E-state index is -1.75. The molecule has 0 saturated heterocycles. The van der Waals surface area contributed by atoms with Gasteiger partial charge in [0.25, 0.3) is 0 Å². The maximum Gasteiger partial charge on any atom is 0.174 e. The Bertz CT molecular complexity index is 793. The SMILES string of the molecule is CC(C)[C@@H](C)CC[C@@H](C)[C@H]1CCC2C3C[C@@H](O)[C@@]4(O)C=C[C@@H](O)C(=O)[C@]4(C)C3[C@H](O)C[C@@]21C. The van der Waals surface area contributed by atoms with Gasteiger partial charge in [-0.3, -0.25) is 4.79 Å². The number of ketones is 1. The van der Waals surface area contributed by atoms with Crippen molar-refractivity contribution < 1.29 is 25.2 Å². The standard InChI is InChI=1S/C28H46O5/c1-15(2)16(3)7-8-17(4)19-9-10-20-18-13-23(31)28(33)12-11-21(29)25(32)27(28,6)24(18)22(30)14-26(19,20)5/h11-12,15-24,29-31,33H,7-10,13-14H2,1-6H3/t16-,17+,18?,19+,20?,21+,22+,23+,24?,26+,27-,28-/m0/s1. The molecule has 3 unspecified atom stereocenters. The van der Waals surface area contributed by atoms with Gasteiger partial charge in [-0.1, -0.05) is 53.5 Å². The predicted octanol–water partition coefficient (Wildman–Crippen LogP) is 3.73. The van der Waals surface area contributed by atoms with Gasteiger partial charge in [-0.2, -0.15) is 0 Å². The van der Waals surface area contributed by atoms with E-state index in [1.54, 1.807) is 6.92 Å². The summed E-state index contributed by atoms with van der Waals surface area (Å²) in [5.74, 6) is 1.76. The molecule has 4 rings (SSSR count). The predicted molar refractivity (Wildman–Crippen MR) is 128 cm³/mol. The number of rotatable bonds is 5. The Hall–Kier alpha value is -0.750. The number of carbonyl (C=O) groups excluding carboxylic acids is 1. The molecule has 0 radical (unpaired) electrons. The summed E-state index contributed by atoms with van der Waals surface area (Å²) in [4.78, 5) is 13.3. The summed E-state index contributed by atoms with van der Waals surface area (Å²) in [6, 6.07) is 0. The molecule has 0 bridgehead atoms. The van der Waals surface area contributed by atoms with Gasteiger partial charge >= 0.3 is 0 Å². The fourth-order valence-electron chi connectivity index (χ4n) is 8.86. The second-order valence-corrected chi connectivity index (χ2v) is 13.0. The van der Waals surface area contributed by atoms with E-state index in [-0.39, 0.29) is 11.3 Å². The van der Waals surface area contributed by atoms with Crippen molar-refractivity contribution in [1.29, 1.82) is 0 Å². The zero-order valence-electron chi connectivity index (χ0n) is 21.4. The zero-order chi connectivity index (χ0) is 24.5. The van der Waals surface area contributed by atoms with E-state index in [4.69, 9.17) is 0 Å². The number of Topliss-reactive ketones (excluding diaryl/α,β-unsaturated/α-hetero) is 1. The Kier molecular flexibility index (Phi) is 6.47. The lowest BCUT2D eigenvalue weighted by Gasteiger charge is -2.64. The van der Waals surface area contributed by atoms with Gasteiger partial charge in [0, 0.05) is 5.92 Å². The molecule has 4 aliphatic carbocycles. The minimum Gasteiger partial charge on any atom is -0.393 e. The lowest BCUT2D eigenvalue weighted by Crippen LogP contribution is -2.73. The molecule has 33 heavy (non-hydrogen) atoms. The summed E-state index contributed by atoms with van der Waals surface area (Å²) in [5, 5.41) is 44.5. The van der Waals surface area contributed by atoms with E-state index in [0.29, 0.717) is 42.4 Å². The molecule has 3 saturated carbocycles. The van der Waals surface area contributed by atoms with Crippen molar-refractivity contribution in [2.75, 3.05) is 0 Å². The van der Waals surface area contributed by atoms with Crippen LogP contribution in [-0.2, 0) is 4.79 Å². The van der Waals surface area contributed by atoms with Crippen LogP contribution in [0.1, 0.15) is 80.1 Å². The van der Waals surface area contributed by atoms with E-state index in [1.807, 2.05) is 0 Å². The van der Waals surface area contributed by atoms with Crippen LogP contribution in [0.25, 0.3) is 0 Å². The molecular weight excluding hydrogens is 416 g/mol. The first-order valence-corrected chi connectivity index (χ1v) is 13.3. The van der Waals surface area contributed by atoms with Crippen LogP contribution in [0.4, 0.5) is 0 Å². The fourth-order valence-corrected chi connectivity index (χ4v) is 8.86. The summed E-state index contributed by atoms with van der Waals surface area (Å²) in [7, 11) is 0. The third-order valence-corrected chi connectivity index (χ3v) is 11.2. The van der Waals surface area contributed by atoms with Crippen LogP contribution in [0, 0.1) is 52.3 Å². The van der Waals surface area contributed by atoms with Gasteiger partial charge in [0.05, 0.1) is 17.6 Å². The molecule has 188 valence electrons. The van der Waals surface area contributed by atoms with Crippen molar-refractivity contribution in [1.82, 2.24) is 0 Å². The molecule has 0 amide bonds. The second kappa shape index (κ2) is 8.43. The lowest BCUT2D eigenvalue weighted by molar-refractivity contribution is -0.241. The molecule has 0 aromatic rings.